The van der Waals surface area contributed by atoms with E-state index in [0.29, 0.717) is 5.92 Å². The van der Waals surface area contributed by atoms with E-state index >= 15 is 0 Å². The average Bonchev–Trinajstić information content (AvgIpc) is 2.76. The summed E-state index contributed by atoms with van der Waals surface area (Å²) in [4.78, 5) is 13.2. The highest BCUT2D eigenvalue weighted by Crippen LogP contribution is 2.32. The molecule has 1 heterocycles. The number of thiophene rings is 1. The second-order valence-corrected chi connectivity index (χ2v) is 6.84. The molecule has 1 N–H and O–H groups in total. The van der Waals surface area contributed by atoms with Crippen molar-refractivity contribution in [3.8, 4) is 0 Å². The number of carboxylic acids is 1. The van der Waals surface area contributed by atoms with Crippen LogP contribution in [0.4, 0.5) is 5.00 Å². The van der Waals surface area contributed by atoms with Crippen molar-refractivity contribution in [2.24, 2.45) is 11.8 Å². The van der Waals surface area contributed by atoms with Crippen molar-refractivity contribution in [2.75, 3.05) is 18.5 Å². The lowest BCUT2D eigenvalue weighted by atomic mass is 9.82. The van der Waals surface area contributed by atoms with Crippen LogP contribution in [0.25, 0.3) is 0 Å². The first-order valence-corrected chi connectivity index (χ1v) is 7.91. The molecule has 0 saturated heterocycles. The predicted octanol–water partition coefficient (Wildman–Crippen LogP) is 3.84. The van der Waals surface area contributed by atoms with E-state index in [9.17, 15) is 4.79 Å². The summed E-state index contributed by atoms with van der Waals surface area (Å²) in [5.41, 5.74) is 0. The van der Waals surface area contributed by atoms with Gasteiger partial charge in [0.1, 0.15) is 0 Å². The third-order valence-corrected chi connectivity index (χ3v) is 5.46. The van der Waals surface area contributed by atoms with Gasteiger partial charge in [-0.15, -0.1) is 11.3 Å². The molecule has 0 aromatic carbocycles. The number of aliphatic carboxylic acids is 1. The van der Waals surface area contributed by atoms with Crippen LogP contribution >= 0.6 is 27.3 Å². The van der Waals surface area contributed by atoms with Crippen LogP contribution in [-0.2, 0) is 4.79 Å². The standard InChI is InChI=1S/C13H18BrNO2S/c1-15(12-6-11(14)8-18-12)7-9-2-4-10(5-3-9)13(16)17/h6,8-10H,2-5,7H2,1H3,(H,16,17). The molecule has 1 saturated carbocycles. The minimum atomic E-state index is -0.621. The van der Waals surface area contributed by atoms with E-state index in [1.807, 2.05) is 0 Å². The van der Waals surface area contributed by atoms with Crippen molar-refractivity contribution < 1.29 is 9.90 Å². The Kier molecular flexibility index (Phi) is 4.67. The summed E-state index contributed by atoms with van der Waals surface area (Å²) in [6, 6.07) is 2.13. The summed E-state index contributed by atoms with van der Waals surface area (Å²) in [5, 5.41) is 12.3. The molecule has 2 rings (SSSR count). The third kappa shape index (κ3) is 3.48. The van der Waals surface area contributed by atoms with Crippen LogP contribution in [-0.4, -0.2) is 24.7 Å². The molecule has 0 amide bonds. The van der Waals surface area contributed by atoms with Crippen LogP contribution in [0, 0.1) is 11.8 Å². The predicted molar refractivity (Wildman–Crippen MR) is 78.4 cm³/mol. The Morgan fingerprint density at radius 2 is 2.17 bits per heavy atom. The Labute approximate surface area is 120 Å². The zero-order valence-electron chi connectivity index (χ0n) is 10.4. The van der Waals surface area contributed by atoms with Crippen molar-refractivity contribution in [2.45, 2.75) is 25.7 Å². The minimum absolute atomic E-state index is 0.109. The molecule has 1 aliphatic carbocycles. The highest BCUT2D eigenvalue weighted by atomic mass is 79.9. The lowest BCUT2D eigenvalue weighted by Crippen LogP contribution is -2.29. The topological polar surface area (TPSA) is 40.5 Å². The Hall–Kier alpha value is -0.550. The Balaban J connectivity index is 1.83. The van der Waals surface area contributed by atoms with Crippen molar-refractivity contribution in [3.05, 3.63) is 15.9 Å². The van der Waals surface area contributed by atoms with E-state index in [-0.39, 0.29) is 5.92 Å². The van der Waals surface area contributed by atoms with Gasteiger partial charge in [-0.05, 0) is 53.6 Å². The van der Waals surface area contributed by atoms with E-state index in [2.05, 4.69) is 39.3 Å². The molecule has 100 valence electrons. The molecule has 1 fully saturated rings. The number of halogens is 1. The quantitative estimate of drug-likeness (QED) is 0.911. The van der Waals surface area contributed by atoms with Crippen LogP contribution in [0.1, 0.15) is 25.7 Å². The van der Waals surface area contributed by atoms with E-state index in [1.54, 1.807) is 11.3 Å². The van der Waals surface area contributed by atoms with Crippen LogP contribution < -0.4 is 4.90 Å². The van der Waals surface area contributed by atoms with Crippen LogP contribution in [0.2, 0.25) is 0 Å². The van der Waals surface area contributed by atoms with Gasteiger partial charge in [0.15, 0.2) is 0 Å². The fourth-order valence-electron chi connectivity index (χ4n) is 2.57. The Bertz CT molecular complexity index is 413. The molecule has 3 nitrogen and oxygen atoms in total. The van der Waals surface area contributed by atoms with E-state index < -0.39 is 5.97 Å². The van der Waals surface area contributed by atoms with Crippen LogP contribution in [0.5, 0.6) is 0 Å². The second-order valence-electron chi connectivity index (χ2n) is 5.04. The maximum absolute atomic E-state index is 10.9. The summed E-state index contributed by atoms with van der Waals surface area (Å²) >= 11 is 5.20. The molecule has 0 atom stereocenters. The maximum atomic E-state index is 10.9. The normalized spacial score (nSPS) is 23.9. The zero-order chi connectivity index (χ0) is 13.1. The summed E-state index contributed by atoms with van der Waals surface area (Å²) in [5.74, 6) is -0.0992. The SMILES string of the molecule is CN(CC1CCC(C(=O)O)CC1)c1cc(Br)cs1. The third-order valence-electron chi connectivity index (χ3n) is 3.66. The van der Waals surface area contributed by atoms with Crippen molar-refractivity contribution >= 4 is 38.2 Å². The number of carboxylic acid groups (broad SMARTS) is 1. The molecule has 0 aliphatic heterocycles. The van der Waals surface area contributed by atoms with Gasteiger partial charge in [0, 0.05) is 23.4 Å². The summed E-state index contributed by atoms with van der Waals surface area (Å²) in [7, 11) is 2.11. The zero-order valence-corrected chi connectivity index (χ0v) is 12.8. The van der Waals surface area contributed by atoms with E-state index in [4.69, 9.17) is 5.11 Å². The molecular weight excluding hydrogens is 314 g/mol. The molecular formula is C13H18BrNO2S. The van der Waals surface area contributed by atoms with Gasteiger partial charge in [0.05, 0.1) is 10.9 Å². The number of nitrogens with zero attached hydrogens (tertiary/aromatic N) is 1. The van der Waals surface area contributed by atoms with E-state index in [0.717, 1.165) is 36.7 Å². The summed E-state index contributed by atoms with van der Waals surface area (Å²) in [6.45, 7) is 1.03. The fourth-order valence-corrected chi connectivity index (χ4v) is 3.97. The largest absolute Gasteiger partial charge is 0.481 e. The van der Waals surface area contributed by atoms with Crippen LogP contribution in [0.3, 0.4) is 0 Å². The lowest BCUT2D eigenvalue weighted by molar-refractivity contribution is -0.143. The molecule has 1 aliphatic rings. The van der Waals surface area contributed by atoms with Gasteiger partial charge in [-0.1, -0.05) is 0 Å². The molecule has 18 heavy (non-hydrogen) atoms. The smallest absolute Gasteiger partial charge is 0.306 e. The van der Waals surface area contributed by atoms with Gasteiger partial charge in [-0.25, -0.2) is 0 Å². The first-order chi connectivity index (χ1) is 8.56. The molecule has 0 unspecified atom stereocenters. The number of hydrogen-bond donors (Lipinski definition) is 1. The first-order valence-electron chi connectivity index (χ1n) is 6.24. The monoisotopic (exact) mass is 331 g/mol. The molecule has 1 aromatic rings. The second kappa shape index (κ2) is 6.06. The lowest BCUT2D eigenvalue weighted by Gasteiger charge is -2.29. The number of rotatable bonds is 4. The van der Waals surface area contributed by atoms with E-state index in [1.165, 1.54) is 5.00 Å². The molecule has 5 heteroatoms. The van der Waals surface area contributed by atoms with Gasteiger partial charge in [-0.2, -0.15) is 0 Å². The van der Waals surface area contributed by atoms with Gasteiger partial charge in [0.2, 0.25) is 0 Å². The fraction of sp³-hybridized carbons (Fsp3) is 0.615. The van der Waals surface area contributed by atoms with Gasteiger partial charge in [0.25, 0.3) is 0 Å². The average molecular weight is 332 g/mol. The van der Waals surface area contributed by atoms with Gasteiger partial charge >= 0.3 is 5.97 Å². The summed E-state index contributed by atoms with van der Waals surface area (Å²) in [6.07, 6.45) is 3.74. The molecule has 0 bridgehead atoms. The number of carbonyl (C=O) groups is 1. The Morgan fingerprint density at radius 3 is 2.67 bits per heavy atom. The van der Waals surface area contributed by atoms with Crippen molar-refractivity contribution in [1.29, 1.82) is 0 Å². The first kappa shape index (κ1) is 13.9. The van der Waals surface area contributed by atoms with Gasteiger partial charge < -0.3 is 10.0 Å². The van der Waals surface area contributed by atoms with Crippen molar-refractivity contribution in [1.82, 2.24) is 0 Å². The molecule has 0 spiro atoms. The highest BCUT2D eigenvalue weighted by molar-refractivity contribution is 9.10. The minimum Gasteiger partial charge on any atom is -0.481 e. The Morgan fingerprint density at radius 1 is 1.50 bits per heavy atom. The maximum Gasteiger partial charge on any atom is 0.306 e. The van der Waals surface area contributed by atoms with Crippen molar-refractivity contribution in [3.63, 3.8) is 0 Å². The summed E-state index contributed by atoms with van der Waals surface area (Å²) < 4.78 is 1.13. The number of anilines is 1. The van der Waals surface area contributed by atoms with Gasteiger partial charge in [-0.3, -0.25) is 4.79 Å². The number of hydrogen-bond acceptors (Lipinski definition) is 3. The molecule has 0 radical (unpaired) electrons. The van der Waals surface area contributed by atoms with Crippen LogP contribution in [0.15, 0.2) is 15.9 Å². The molecule has 1 aromatic heterocycles. The highest BCUT2D eigenvalue weighted by Gasteiger charge is 2.26.